The van der Waals surface area contributed by atoms with E-state index in [9.17, 15) is 18.0 Å². The fraction of sp³-hybridized carbons (Fsp3) is 0.619. The summed E-state index contributed by atoms with van der Waals surface area (Å²) in [6.07, 6.45) is 5.20. The average Bonchev–Trinajstić information content (AvgIpc) is 3.05. The third kappa shape index (κ3) is 5.36. The first-order chi connectivity index (χ1) is 13.6. The summed E-state index contributed by atoms with van der Waals surface area (Å²) < 4.78 is 27.9. The molecule has 0 aromatic heterocycles. The van der Waals surface area contributed by atoms with Gasteiger partial charge in [0, 0.05) is 30.2 Å². The van der Waals surface area contributed by atoms with Crippen LogP contribution in [-0.4, -0.2) is 43.3 Å². The predicted molar refractivity (Wildman–Crippen MR) is 112 cm³/mol. The highest BCUT2D eigenvalue weighted by Crippen LogP contribution is 2.27. The summed E-state index contributed by atoms with van der Waals surface area (Å²) >= 11 is 0. The molecule has 2 aliphatic rings. The molecule has 1 aromatic rings. The molecule has 0 bridgehead atoms. The van der Waals surface area contributed by atoms with Gasteiger partial charge >= 0.3 is 0 Å². The molecule has 1 saturated heterocycles. The predicted octanol–water partition coefficient (Wildman–Crippen LogP) is 2.88. The minimum absolute atomic E-state index is 0.00112. The Balaban J connectivity index is 1.60. The van der Waals surface area contributed by atoms with Crippen LogP contribution in [0.25, 0.3) is 0 Å². The molecule has 1 saturated carbocycles. The molecule has 0 unspecified atom stereocenters. The number of hydrogen-bond donors (Lipinski definition) is 2. The Morgan fingerprint density at radius 2 is 1.69 bits per heavy atom. The summed E-state index contributed by atoms with van der Waals surface area (Å²) in [6, 6.07) is 6.18. The molecule has 1 aliphatic carbocycles. The third-order valence-electron chi connectivity index (χ3n) is 5.66. The maximum atomic E-state index is 12.6. The van der Waals surface area contributed by atoms with E-state index in [1.54, 1.807) is 17.0 Å². The minimum atomic E-state index is -3.57. The summed E-state index contributed by atoms with van der Waals surface area (Å²) in [6.45, 7) is 6.25. The van der Waals surface area contributed by atoms with Gasteiger partial charge in [-0.15, -0.1) is 0 Å². The number of nitrogens with zero attached hydrogens (tertiary/aromatic N) is 1. The van der Waals surface area contributed by atoms with Crippen molar-refractivity contribution in [1.29, 1.82) is 0 Å². The molecule has 2 amide bonds. The Morgan fingerprint density at radius 1 is 1.07 bits per heavy atom. The van der Waals surface area contributed by atoms with E-state index >= 15 is 0 Å². The Kier molecular flexibility index (Phi) is 6.33. The van der Waals surface area contributed by atoms with Crippen LogP contribution in [0.3, 0.4) is 0 Å². The van der Waals surface area contributed by atoms with Crippen LogP contribution in [0.15, 0.2) is 29.2 Å². The smallest absolute Gasteiger partial charge is 0.240 e. The number of likely N-dealkylation sites (tertiary alicyclic amines) is 1. The van der Waals surface area contributed by atoms with Crippen molar-refractivity contribution in [3.8, 4) is 0 Å². The zero-order chi connectivity index (χ0) is 21.2. The minimum Gasteiger partial charge on any atom is -0.337 e. The zero-order valence-electron chi connectivity index (χ0n) is 17.4. The Hall–Kier alpha value is -1.93. The maximum Gasteiger partial charge on any atom is 0.240 e. The number of nitrogens with one attached hydrogen (secondary N) is 2. The van der Waals surface area contributed by atoms with Crippen molar-refractivity contribution in [2.75, 3.05) is 11.9 Å². The fourth-order valence-electron chi connectivity index (χ4n) is 4.00. The van der Waals surface area contributed by atoms with E-state index in [1.807, 2.05) is 20.8 Å². The Morgan fingerprint density at radius 3 is 2.24 bits per heavy atom. The van der Waals surface area contributed by atoms with Crippen LogP contribution in [0.2, 0.25) is 0 Å². The largest absolute Gasteiger partial charge is 0.337 e. The third-order valence-corrected chi connectivity index (χ3v) is 7.20. The SMILES string of the molecule is CC(C)(C)N1C[C@@H](C(=O)Nc2ccc(S(=O)(=O)NC3CCCCC3)cc2)CC1=O. The molecular formula is C21H31N3O4S. The number of hydrogen-bond acceptors (Lipinski definition) is 4. The molecule has 0 radical (unpaired) electrons. The van der Waals surface area contributed by atoms with E-state index in [-0.39, 0.29) is 34.7 Å². The molecule has 160 valence electrons. The topological polar surface area (TPSA) is 95.6 Å². The zero-order valence-corrected chi connectivity index (χ0v) is 18.2. The standard InChI is InChI=1S/C21H31N3O4S/c1-21(2,3)24-14-15(13-19(24)25)20(26)22-16-9-11-18(12-10-16)29(27,28)23-17-7-5-4-6-8-17/h9-12,15,17,23H,4-8,13-14H2,1-3H3,(H,22,26)/t15-/m0/s1. The van der Waals surface area contributed by atoms with Crippen molar-refractivity contribution in [3.05, 3.63) is 24.3 Å². The van der Waals surface area contributed by atoms with Gasteiger partial charge in [-0.05, 0) is 57.9 Å². The highest BCUT2D eigenvalue weighted by Gasteiger charge is 2.39. The molecule has 29 heavy (non-hydrogen) atoms. The molecule has 1 aromatic carbocycles. The maximum absolute atomic E-state index is 12.6. The Bertz CT molecular complexity index is 853. The van der Waals surface area contributed by atoms with Gasteiger partial charge in [-0.3, -0.25) is 9.59 Å². The number of amides is 2. The van der Waals surface area contributed by atoms with Gasteiger partial charge in [0.1, 0.15) is 0 Å². The quantitative estimate of drug-likeness (QED) is 0.764. The van der Waals surface area contributed by atoms with Crippen molar-refractivity contribution >= 4 is 27.5 Å². The van der Waals surface area contributed by atoms with Gasteiger partial charge in [-0.1, -0.05) is 19.3 Å². The van der Waals surface area contributed by atoms with E-state index in [2.05, 4.69) is 10.0 Å². The van der Waals surface area contributed by atoms with E-state index < -0.39 is 15.9 Å². The monoisotopic (exact) mass is 421 g/mol. The van der Waals surface area contributed by atoms with Gasteiger partial charge in [0.25, 0.3) is 0 Å². The molecule has 1 atom stereocenters. The van der Waals surface area contributed by atoms with Gasteiger partial charge in [0.2, 0.25) is 21.8 Å². The normalized spacial score (nSPS) is 21.4. The highest BCUT2D eigenvalue weighted by atomic mass is 32.2. The second-order valence-electron chi connectivity index (χ2n) is 9.05. The fourth-order valence-corrected chi connectivity index (χ4v) is 5.31. The van der Waals surface area contributed by atoms with E-state index in [0.29, 0.717) is 12.2 Å². The molecule has 2 N–H and O–H groups in total. The first kappa shape index (κ1) is 21.8. The Labute approximate surface area is 173 Å². The van der Waals surface area contributed by atoms with Crippen LogP contribution in [0.1, 0.15) is 59.3 Å². The molecule has 1 heterocycles. The van der Waals surface area contributed by atoms with E-state index in [1.165, 1.54) is 12.1 Å². The summed E-state index contributed by atoms with van der Waals surface area (Å²) in [5.74, 6) is -0.646. The van der Waals surface area contributed by atoms with Crippen molar-refractivity contribution in [2.45, 2.75) is 75.8 Å². The van der Waals surface area contributed by atoms with Crippen molar-refractivity contribution in [2.24, 2.45) is 5.92 Å². The highest BCUT2D eigenvalue weighted by molar-refractivity contribution is 7.89. The summed E-state index contributed by atoms with van der Waals surface area (Å²) in [7, 11) is -3.57. The summed E-state index contributed by atoms with van der Waals surface area (Å²) in [5, 5.41) is 2.80. The van der Waals surface area contributed by atoms with Crippen LogP contribution in [0.4, 0.5) is 5.69 Å². The lowest BCUT2D eigenvalue weighted by Crippen LogP contribution is -2.42. The molecule has 7 nitrogen and oxygen atoms in total. The van der Waals surface area contributed by atoms with Crippen LogP contribution < -0.4 is 10.0 Å². The second kappa shape index (κ2) is 8.44. The van der Waals surface area contributed by atoms with Crippen LogP contribution in [-0.2, 0) is 19.6 Å². The first-order valence-electron chi connectivity index (χ1n) is 10.3. The van der Waals surface area contributed by atoms with Gasteiger partial charge < -0.3 is 10.2 Å². The molecule has 3 rings (SSSR count). The number of carbonyl (C=O) groups is 2. The van der Waals surface area contributed by atoms with E-state index in [4.69, 9.17) is 0 Å². The molecule has 8 heteroatoms. The van der Waals surface area contributed by atoms with Crippen molar-refractivity contribution in [1.82, 2.24) is 9.62 Å². The van der Waals surface area contributed by atoms with Crippen LogP contribution in [0.5, 0.6) is 0 Å². The van der Waals surface area contributed by atoms with Crippen molar-refractivity contribution in [3.63, 3.8) is 0 Å². The molecule has 1 aliphatic heterocycles. The van der Waals surface area contributed by atoms with E-state index in [0.717, 1.165) is 32.1 Å². The lowest BCUT2D eigenvalue weighted by atomic mass is 9.96. The van der Waals surface area contributed by atoms with Gasteiger partial charge in [0.05, 0.1) is 10.8 Å². The van der Waals surface area contributed by atoms with Crippen LogP contribution >= 0.6 is 0 Å². The van der Waals surface area contributed by atoms with Gasteiger partial charge in [-0.2, -0.15) is 0 Å². The number of anilines is 1. The van der Waals surface area contributed by atoms with Crippen LogP contribution in [0, 0.1) is 5.92 Å². The van der Waals surface area contributed by atoms with Gasteiger partial charge in [0.15, 0.2) is 0 Å². The summed E-state index contributed by atoms with van der Waals surface area (Å²) in [5.41, 5.74) is 0.210. The molecule has 0 spiro atoms. The van der Waals surface area contributed by atoms with Crippen molar-refractivity contribution < 1.29 is 18.0 Å². The first-order valence-corrected chi connectivity index (χ1v) is 11.8. The number of carbonyl (C=O) groups excluding carboxylic acids is 2. The lowest BCUT2D eigenvalue weighted by Gasteiger charge is -2.31. The number of rotatable bonds is 5. The average molecular weight is 422 g/mol. The second-order valence-corrected chi connectivity index (χ2v) is 10.8. The number of benzene rings is 1. The molecular weight excluding hydrogens is 390 g/mol. The summed E-state index contributed by atoms with van der Waals surface area (Å²) in [4.78, 5) is 26.7. The number of sulfonamides is 1. The lowest BCUT2D eigenvalue weighted by molar-refractivity contribution is -0.131. The van der Waals surface area contributed by atoms with Gasteiger partial charge in [-0.25, -0.2) is 13.1 Å². The molecule has 2 fully saturated rings.